The van der Waals surface area contributed by atoms with Crippen LogP contribution in [0.5, 0.6) is 0 Å². The number of carboxylic acid groups (broad SMARTS) is 2. The van der Waals surface area contributed by atoms with Gasteiger partial charge in [-0.3, -0.25) is 19.2 Å². The number of ketones is 2. The van der Waals surface area contributed by atoms with E-state index in [-0.39, 0.29) is 11.6 Å². The Morgan fingerprint density at radius 1 is 0.833 bits per heavy atom. The van der Waals surface area contributed by atoms with Crippen molar-refractivity contribution in [2.24, 2.45) is 5.92 Å². The van der Waals surface area contributed by atoms with Crippen molar-refractivity contribution in [2.75, 3.05) is 25.4 Å². The number of anilines is 1. The molecule has 0 aliphatic carbocycles. The quantitative estimate of drug-likeness (QED) is 0.229. The number of benzene rings is 3. The molecule has 226 valence electrons. The minimum Gasteiger partial charge on any atom is -0.481 e. The van der Waals surface area contributed by atoms with Crippen LogP contribution in [0.4, 0.5) is 5.69 Å². The van der Waals surface area contributed by atoms with Crippen molar-refractivity contribution in [2.45, 2.75) is 52.9 Å². The highest BCUT2D eigenvalue weighted by Gasteiger charge is 2.23. The molecule has 1 heterocycles. The number of rotatable bonds is 7. The first kappa shape index (κ1) is 35.7. The fraction of sp³-hybridized carbons (Fsp3) is 0.353. The lowest BCUT2D eigenvalue weighted by atomic mass is 9.94. The molecular formula is C34H45N2O6+. The number of aliphatic carboxylic acids is 2. The van der Waals surface area contributed by atoms with Crippen LogP contribution >= 0.6 is 0 Å². The smallest absolute Gasteiger partial charge is 0.310 e. The number of carbonyl (C=O) groups is 4. The predicted molar refractivity (Wildman–Crippen MR) is 166 cm³/mol. The Balaban J connectivity index is 0.000000308. The molecule has 42 heavy (non-hydrogen) atoms. The number of carbonyl (C=O) groups excluding carboxylic acids is 2. The Bertz CT molecular complexity index is 1240. The van der Waals surface area contributed by atoms with Crippen LogP contribution in [0.15, 0.2) is 84.9 Å². The molecule has 5 N–H and O–H groups in total. The van der Waals surface area contributed by atoms with Gasteiger partial charge in [-0.1, -0.05) is 86.1 Å². The summed E-state index contributed by atoms with van der Waals surface area (Å²) < 4.78 is 0. The zero-order valence-corrected chi connectivity index (χ0v) is 25.1. The molecule has 1 unspecified atom stereocenters. The molecule has 1 aliphatic rings. The Kier molecular flexibility index (Phi) is 16.8. The first-order chi connectivity index (χ1) is 19.9. The highest BCUT2D eigenvalue weighted by Crippen LogP contribution is 2.14. The molecule has 1 atom stereocenters. The average molecular weight is 578 g/mol. The van der Waals surface area contributed by atoms with E-state index in [4.69, 9.17) is 20.7 Å². The van der Waals surface area contributed by atoms with Crippen molar-refractivity contribution in [3.8, 4) is 0 Å². The summed E-state index contributed by atoms with van der Waals surface area (Å²) in [5.41, 5.74) is 8.45. The molecule has 3 aromatic carbocycles. The van der Waals surface area contributed by atoms with Crippen molar-refractivity contribution in [3.05, 3.63) is 102 Å². The Labute approximate surface area is 249 Å². The molecule has 0 saturated carbocycles. The van der Waals surface area contributed by atoms with Gasteiger partial charge in [0.05, 0.1) is 19.0 Å². The van der Waals surface area contributed by atoms with Crippen LogP contribution in [0.3, 0.4) is 0 Å². The van der Waals surface area contributed by atoms with E-state index in [1.54, 1.807) is 31.2 Å². The summed E-state index contributed by atoms with van der Waals surface area (Å²) in [4.78, 5) is 43.7. The fourth-order valence-corrected chi connectivity index (χ4v) is 4.27. The lowest BCUT2D eigenvalue weighted by Gasteiger charge is -2.28. The second-order valence-electron chi connectivity index (χ2n) is 10.2. The molecule has 8 heteroatoms. The maximum Gasteiger partial charge on any atom is 0.310 e. The van der Waals surface area contributed by atoms with E-state index in [0.717, 1.165) is 37.1 Å². The molecule has 1 aliphatic heterocycles. The molecule has 8 nitrogen and oxygen atoms in total. The van der Waals surface area contributed by atoms with Crippen LogP contribution in [0.2, 0.25) is 0 Å². The van der Waals surface area contributed by atoms with Gasteiger partial charge < -0.3 is 20.8 Å². The topological polar surface area (TPSA) is 139 Å². The zero-order valence-electron chi connectivity index (χ0n) is 25.1. The molecule has 4 rings (SSSR count). The Hall–Kier alpha value is -4.30. The fourth-order valence-electron chi connectivity index (χ4n) is 4.27. The number of hydrogen-bond acceptors (Lipinski definition) is 5. The summed E-state index contributed by atoms with van der Waals surface area (Å²) in [6.45, 7) is 9.55. The zero-order chi connectivity index (χ0) is 31.5. The third-order valence-electron chi connectivity index (χ3n) is 6.86. The van der Waals surface area contributed by atoms with Gasteiger partial charge in [-0.2, -0.15) is 0 Å². The molecule has 0 aromatic heterocycles. The van der Waals surface area contributed by atoms with Crippen LogP contribution in [0.1, 0.15) is 79.2 Å². The summed E-state index contributed by atoms with van der Waals surface area (Å²) in [5.74, 6) is -0.791. The average Bonchev–Trinajstić information content (AvgIpc) is 2.98. The molecular weight excluding hydrogens is 532 g/mol. The Morgan fingerprint density at radius 3 is 1.76 bits per heavy atom. The molecule has 0 radical (unpaired) electrons. The number of Topliss-reactive ketones (excluding diaryl/α,β-unsaturated/α-hetero) is 2. The lowest BCUT2D eigenvalue weighted by molar-refractivity contribution is -0.897. The summed E-state index contributed by atoms with van der Waals surface area (Å²) in [6, 6.07) is 25.8. The minimum absolute atomic E-state index is 0.0484. The summed E-state index contributed by atoms with van der Waals surface area (Å²) >= 11 is 0. The first-order valence-corrected chi connectivity index (χ1v) is 14.2. The monoisotopic (exact) mass is 577 g/mol. The third kappa shape index (κ3) is 14.9. The highest BCUT2D eigenvalue weighted by molar-refractivity contribution is 5.96. The number of likely N-dealkylation sites (tertiary alicyclic amines) is 1. The summed E-state index contributed by atoms with van der Waals surface area (Å²) in [7, 11) is 0. The van der Waals surface area contributed by atoms with E-state index in [0.29, 0.717) is 17.8 Å². The van der Waals surface area contributed by atoms with Crippen molar-refractivity contribution in [1.29, 1.82) is 0 Å². The highest BCUT2D eigenvalue weighted by atomic mass is 16.4. The van der Waals surface area contributed by atoms with Crippen LogP contribution in [0, 0.1) is 5.92 Å². The lowest BCUT2D eigenvalue weighted by Crippen LogP contribution is -3.13. The van der Waals surface area contributed by atoms with Gasteiger partial charge in [0.1, 0.15) is 6.54 Å². The normalized spacial score (nSPS) is 16.0. The van der Waals surface area contributed by atoms with E-state index in [1.807, 2.05) is 60.7 Å². The van der Waals surface area contributed by atoms with Gasteiger partial charge in [0, 0.05) is 23.7 Å². The van der Waals surface area contributed by atoms with Crippen molar-refractivity contribution >= 4 is 29.2 Å². The molecule has 0 spiro atoms. The maximum atomic E-state index is 12.0. The van der Waals surface area contributed by atoms with Crippen molar-refractivity contribution < 1.29 is 34.3 Å². The maximum absolute atomic E-state index is 12.0. The van der Waals surface area contributed by atoms with E-state index < -0.39 is 17.9 Å². The molecule has 0 amide bonds. The largest absolute Gasteiger partial charge is 0.481 e. The number of hydrogen-bond donors (Lipinski definition) is 4. The van der Waals surface area contributed by atoms with Crippen LogP contribution < -0.4 is 10.6 Å². The molecule has 1 fully saturated rings. The van der Waals surface area contributed by atoms with Crippen molar-refractivity contribution in [1.82, 2.24) is 0 Å². The summed E-state index contributed by atoms with van der Waals surface area (Å²) in [6.07, 6.45) is 3.86. The van der Waals surface area contributed by atoms with Gasteiger partial charge in [0.2, 0.25) is 5.78 Å². The number of nitrogen functional groups attached to an aromatic ring is 1. The molecule has 1 saturated heterocycles. The standard InChI is InChI=1S/C15H21NO.C9H10O2.C8H9NO.C2H4O2/c1-2-13-8-10-16(11-9-13)12-15(17)14-6-4-3-5-7-14;1-7(9(10)11)8-5-3-2-4-6-8;1-6(10)7-3-2-4-8(9)5-7;1-2(3)4/h3-7,13H,2,8-12H2,1H3;2-7H,1H3,(H,10,11);2-5H,9H2,1H3;1H3,(H,3,4)/p+1. The van der Waals surface area contributed by atoms with Gasteiger partial charge in [0.25, 0.3) is 5.97 Å². The molecule has 3 aromatic rings. The third-order valence-corrected chi connectivity index (χ3v) is 6.86. The Morgan fingerprint density at radius 2 is 1.33 bits per heavy atom. The number of quaternary nitrogens is 1. The van der Waals surface area contributed by atoms with Gasteiger partial charge in [-0.15, -0.1) is 0 Å². The van der Waals surface area contributed by atoms with E-state index >= 15 is 0 Å². The van der Waals surface area contributed by atoms with Crippen molar-refractivity contribution in [3.63, 3.8) is 0 Å². The van der Waals surface area contributed by atoms with E-state index in [9.17, 15) is 14.4 Å². The van der Waals surface area contributed by atoms with Crippen LogP contribution in [-0.2, 0) is 9.59 Å². The van der Waals surface area contributed by atoms with Gasteiger partial charge in [-0.25, -0.2) is 0 Å². The predicted octanol–water partition coefficient (Wildman–Crippen LogP) is 5.01. The number of piperidine rings is 1. The number of carboxylic acids is 2. The SMILES string of the molecule is CC(=O)O.CC(=O)c1cccc(N)c1.CC(C(=O)O)c1ccccc1.CCC1CC[NH+](CC(=O)c2ccccc2)CC1. The van der Waals surface area contributed by atoms with Gasteiger partial charge >= 0.3 is 5.97 Å². The second-order valence-corrected chi connectivity index (χ2v) is 10.2. The number of nitrogens with two attached hydrogens (primary N) is 1. The number of nitrogens with one attached hydrogen (secondary N) is 1. The first-order valence-electron chi connectivity index (χ1n) is 14.2. The minimum atomic E-state index is -0.833. The summed E-state index contributed by atoms with van der Waals surface area (Å²) in [5, 5.41) is 16.1. The van der Waals surface area contributed by atoms with Crippen LogP contribution in [0.25, 0.3) is 0 Å². The molecule has 0 bridgehead atoms. The van der Waals surface area contributed by atoms with Gasteiger partial charge in [0.15, 0.2) is 5.78 Å². The van der Waals surface area contributed by atoms with E-state index in [2.05, 4.69) is 6.92 Å². The van der Waals surface area contributed by atoms with Gasteiger partial charge in [-0.05, 0) is 50.3 Å². The van der Waals surface area contributed by atoms with Crippen LogP contribution in [-0.4, -0.2) is 53.4 Å². The second kappa shape index (κ2) is 19.7. The van der Waals surface area contributed by atoms with E-state index in [1.165, 1.54) is 31.1 Å².